The summed E-state index contributed by atoms with van der Waals surface area (Å²) in [4.78, 5) is 32.7. The van der Waals surface area contributed by atoms with Crippen LogP contribution in [0, 0.1) is 5.41 Å². The number of thioether (sulfide) groups is 1. The molecule has 23 heteroatoms. The van der Waals surface area contributed by atoms with Crippen LogP contribution in [0.15, 0.2) is 117 Å². The van der Waals surface area contributed by atoms with E-state index in [1.54, 1.807) is 12.1 Å². The SMILES string of the molecule is O=C(NS(=O)(=O)c1ccc(N[C@H](CCN2CCN(C(=O)OCC(Cl)(Cl)Cl)CC2)CSc2ccccc2)c(S(=O)(=O)C(F)(F)F)c1)c1ccc(N2CCN(CC3=C(c4ccc(Cl)cc4)CCC4(CC4)C3)CC2)cc1. The number of alkyl halides is 6. The van der Waals surface area contributed by atoms with Gasteiger partial charge in [0.1, 0.15) is 11.5 Å². The normalized spacial score (nSPS) is 18.4. The van der Waals surface area contributed by atoms with Crippen molar-refractivity contribution >= 4 is 107 Å². The number of allylic oxidation sites excluding steroid dienone is 1. The lowest BCUT2D eigenvalue weighted by molar-refractivity contribution is -0.0436. The van der Waals surface area contributed by atoms with Crippen LogP contribution < -0.4 is 14.9 Å². The van der Waals surface area contributed by atoms with E-state index in [1.807, 2.05) is 52.1 Å². The lowest BCUT2D eigenvalue weighted by atomic mass is 9.79. The molecule has 2 aliphatic carbocycles. The van der Waals surface area contributed by atoms with Crippen molar-refractivity contribution in [3.05, 3.63) is 119 Å². The van der Waals surface area contributed by atoms with E-state index in [9.17, 15) is 39.6 Å². The average molecular weight is 1150 g/mol. The molecule has 0 bridgehead atoms. The van der Waals surface area contributed by atoms with Gasteiger partial charge in [-0.3, -0.25) is 14.6 Å². The minimum absolute atomic E-state index is 0.0273. The average Bonchev–Trinajstić information content (AvgIpc) is 4.12. The van der Waals surface area contributed by atoms with Gasteiger partial charge in [-0.25, -0.2) is 26.4 Å². The Bertz CT molecular complexity index is 2860. The Morgan fingerprint density at radius 1 is 0.795 bits per heavy atom. The molecular weight excluding hydrogens is 1090 g/mol. The fourth-order valence-electron chi connectivity index (χ4n) is 9.46. The van der Waals surface area contributed by atoms with Gasteiger partial charge < -0.3 is 19.9 Å². The zero-order valence-electron chi connectivity index (χ0n) is 39.6. The topological polar surface area (TPSA) is 149 Å². The maximum absolute atomic E-state index is 14.3. The highest BCUT2D eigenvalue weighted by atomic mass is 35.6. The second-order valence-corrected chi connectivity index (χ2v) is 26.5. The molecule has 4 aromatic carbocycles. The predicted octanol–water partition coefficient (Wildman–Crippen LogP) is 10.4. The van der Waals surface area contributed by atoms with E-state index in [1.165, 1.54) is 64.8 Å². The highest BCUT2D eigenvalue weighted by Gasteiger charge is 2.49. The minimum Gasteiger partial charge on any atom is -0.445 e. The fourth-order valence-corrected chi connectivity index (χ4v) is 12.8. The van der Waals surface area contributed by atoms with E-state index in [4.69, 9.17) is 51.1 Å². The van der Waals surface area contributed by atoms with Crippen LogP contribution in [0.1, 0.15) is 54.4 Å². The molecule has 2 amide bonds. The molecule has 2 heterocycles. The summed E-state index contributed by atoms with van der Waals surface area (Å²) in [6.45, 7) is 5.36. The van der Waals surface area contributed by atoms with Crippen LogP contribution in [0.3, 0.4) is 0 Å². The Morgan fingerprint density at radius 2 is 1.45 bits per heavy atom. The van der Waals surface area contributed by atoms with Gasteiger partial charge in [-0.1, -0.05) is 82.3 Å². The zero-order valence-corrected chi connectivity index (χ0v) is 45.0. The molecular formula is C50H55Cl4F3N6O7S3. The Morgan fingerprint density at radius 3 is 2.08 bits per heavy atom. The minimum atomic E-state index is -6.14. The lowest BCUT2D eigenvalue weighted by Gasteiger charge is -2.38. The van der Waals surface area contributed by atoms with Crippen LogP contribution in [0.2, 0.25) is 5.02 Å². The summed E-state index contributed by atoms with van der Waals surface area (Å²) < 4.78 is 102. The number of benzene rings is 4. The van der Waals surface area contributed by atoms with Crippen molar-refractivity contribution in [2.45, 2.75) is 68.6 Å². The monoisotopic (exact) mass is 1140 g/mol. The van der Waals surface area contributed by atoms with E-state index in [0.29, 0.717) is 42.6 Å². The van der Waals surface area contributed by atoms with E-state index in [0.717, 1.165) is 68.3 Å². The van der Waals surface area contributed by atoms with Gasteiger partial charge in [-0.05, 0) is 122 Å². The predicted molar refractivity (Wildman–Crippen MR) is 282 cm³/mol. The van der Waals surface area contributed by atoms with E-state index in [-0.39, 0.29) is 24.4 Å². The van der Waals surface area contributed by atoms with Crippen LogP contribution in [0.5, 0.6) is 0 Å². The van der Waals surface area contributed by atoms with Crippen molar-refractivity contribution in [1.82, 2.24) is 19.4 Å². The maximum Gasteiger partial charge on any atom is 0.501 e. The molecule has 0 radical (unpaired) electrons. The molecule has 0 aromatic heterocycles. The zero-order chi connectivity index (χ0) is 52.2. The number of amides is 2. The summed E-state index contributed by atoms with van der Waals surface area (Å²) >= 11 is 24.7. The molecule has 2 saturated heterocycles. The first-order valence-electron chi connectivity index (χ1n) is 23.8. The molecule has 13 nitrogen and oxygen atoms in total. The molecule has 73 heavy (non-hydrogen) atoms. The van der Waals surface area contributed by atoms with E-state index in [2.05, 4.69) is 27.2 Å². The number of carbonyl (C=O) groups excluding carboxylic acids is 2. The summed E-state index contributed by atoms with van der Waals surface area (Å²) in [6.07, 6.45) is 5.61. The molecule has 4 aromatic rings. The number of piperazine rings is 2. The van der Waals surface area contributed by atoms with Crippen LogP contribution in [0.25, 0.3) is 5.57 Å². The highest BCUT2D eigenvalue weighted by molar-refractivity contribution is 7.99. The number of rotatable bonds is 17. The quantitative estimate of drug-likeness (QED) is 0.0766. The standard InChI is InChI=1S/C50H55Cl4F3N6O7S3/c51-38-10-6-35(7-11-38)43-16-18-48(19-20-48)31-37(43)32-61-24-26-62(27-25-61)40-12-8-36(9-13-40)46(64)59-73(68,69)42-14-15-44(45(30-42)72(66,67)50(55,56)57)58-39(33-71-41-4-2-1-3-5-41)17-21-60-22-28-63(29-23-60)47(65)70-34-49(52,53)54/h1-15,30,39,58H,16-29,31-34H2,(H,59,64)/t39-/m1/s1. The number of hydrogen-bond donors (Lipinski definition) is 2. The Balaban J connectivity index is 0.913. The number of nitrogens with zero attached hydrogens (tertiary/aromatic N) is 4. The number of hydrogen-bond acceptors (Lipinski definition) is 12. The van der Waals surface area contributed by atoms with Gasteiger partial charge in [0.15, 0.2) is 0 Å². The Hall–Kier alpha value is -3.92. The van der Waals surface area contributed by atoms with E-state index < -0.39 is 69.3 Å². The lowest BCUT2D eigenvalue weighted by Crippen LogP contribution is -2.49. The Labute approximate surface area is 448 Å². The van der Waals surface area contributed by atoms with Gasteiger partial charge in [0.25, 0.3) is 25.8 Å². The van der Waals surface area contributed by atoms with Gasteiger partial charge in [-0.2, -0.15) is 13.2 Å². The second kappa shape index (κ2) is 23.1. The molecule has 3 fully saturated rings. The molecule has 1 spiro atoms. The molecule has 1 saturated carbocycles. The van der Waals surface area contributed by atoms with Crippen LogP contribution in [-0.4, -0.2) is 137 Å². The smallest absolute Gasteiger partial charge is 0.445 e. The van der Waals surface area contributed by atoms with Crippen molar-refractivity contribution in [1.29, 1.82) is 0 Å². The number of ether oxygens (including phenoxy) is 1. The molecule has 2 aliphatic heterocycles. The highest BCUT2D eigenvalue weighted by Crippen LogP contribution is 2.58. The van der Waals surface area contributed by atoms with Crippen molar-refractivity contribution in [3.63, 3.8) is 0 Å². The van der Waals surface area contributed by atoms with Crippen molar-refractivity contribution in [2.24, 2.45) is 5.41 Å². The van der Waals surface area contributed by atoms with Gasteiger partial charge >= 0.3 is 11.6 Å². The fraction of sp³-hybridized carbons (Fsp3) is 0.440. The van der Waals surface area contributed by atoms with Crippen LogP contribution >= 0.6 is 58.2 Å². The van der Waals surface area contributed by atoms with Gasteiger partial charge in [-0.15, -0.1) is 11.8 Å². The molecule has 2 N–H and O–H groups in total. The first-order valence-corrected chi connectivity index (χ1v) is 29.2. The van der Waals surface area contributed by atoms with Crippen molar-refractivity contribution in [2.75, 3.05) is 88.0 Å². The summed E-state index contributed by atoms with van der Waals surface area (Å²) in [5, 5.41) is 3.68. The maximum atomic E-state index is 14.3. The first-order chi connectivity index (χ1) is 34.6. The summed E-state index contributed by atoms with van der Waals surface area (Å²) in [5.74, 6) is -0.779. The van der Waals surface area contributed by atoms with Gasteiger partial charge in [0.05, 0.1) is 10.6 Å². The number of anilines is 2. The third-order valence-corrected chi connectivity index (χ3v) is 18.4. The first kappa shape index (κ1) is 55.3. The van der Waals surface area contributed by atoms with Crippen LogP contribution in [-0.2, 0) is 24.6 Å². The molecule has 1 atom stereocenters. The van der Waals surface area contributed by atoms with Crippen molar-refractivity contribution in [3.8, 4) is 0 Å². The summed E-state index contributed by atoms with van der Waals surface area (Å²) in [7, 11) is -11.0. The third kappa shape index (κ3) is 14.5. The van der Waals surface area contributed by atoms with Gasteiger partial charge in [0.2, 0.25) is 3.79 Å². The second-order valence-electron chi connectivity index (χ2n) is 18.9. The molecule has 8 rings (SSSR count). The molecule has 394 valence electrons. The number of carbonyl (C=O) groups is 2. The van der Waals surface area contributed by atoms with E-state index >= 15 is 0 Å². The number of halogens is 7. The number of sulfone groups is 1. The Kier molecular flexibility index (Phi) is 17.5. The van der Waals surface area contributed by atoms with Crippen LogP contribution in [0.4, 0.5) is 29.3 Å². The number of sulfonamides is 1. The third-order valence-electron chi connectivity index (χ3n) is 13.8. The summed E-state index contributed by atoms with van der Waals surface area (Å²) in [5.41, 5.74) is -0.866. The van der Waals surface area contributed by atoms with Gasteiger partial charge in [0, 0.05) is 98.4 Å². The largest absolute Gasteiger partial charge is 0.501 e. The molecule has 0 unspecified atom stereocenters. The molecule has 4 aliphatic rings. The number of nitrogens with one attached hydrogen (secondary N) is 2. The van der Waals surface area contributed by atoms with Crippen molar-refractivity contribution < 1.29 is 44.3 Å². The summed E-state index contributed by atoms with van der Waals surface area (Å²) in [6, 6.07) is 25.3.